The molecule has 6 aromatic rings. The molecule has 0 radical (unpaired) electrons. The molecule has 4 heterocycles. The van der Waals surface area contributed by atoms with Gasteiger partial charge in [0.15, 0.2) is 0 Å². The van der Waals surface area contributed by atoms with Gasteiger partial charge in [-0.15, -0.1) is 0 Å². The summed E-state index contributed by atoms with van der Waals surface area (Å²) in [6, 6.07) is 16.0. The van der Waals surface area contributed by atoms with E-state index >= 15 is 0 Å². The van der Waals surface area contributed by atoms with E-state index in [1.807, 2.05) is 72.1 Å². The molecule has 5 aliphatic carbocycles. The number of aromatic nitrogens is 4. The minimum atomic E-state index is -0.594. The van der Waals surface area contributed by atoms with Gasteiger partial charge in [-0.05, 0) is 192 Å². The Bertz CT molecular complexity index is 3660. The quantitative estimate of drug-likeness (QED) is 0.0782. The smallest absolute Gasteiger partial charge is 0.407 e. The van der Waals surface area contributed by atoms with E-state index in [2.05, 4.69) is 66.2 Å². The maximum absolute atomic E-state index is 13.8. The topological polar surface area (TPSA) is 168 Å². The predicted molar refractivity (Wildman–Crippen MR) is 366 cm³/mol. The molecule has 13 rings (SSSR count). The molecule has 7 fully saturated rings. The molecule has 2 saturated heterocycles. The second-order valence-electron chi connectivity index (χ2n) is 28.4. The normalized spacial score (nSPS) is 23.7. The number of fused-ring (bicyclic) bond motifs is 4. The van der Waals surface area contributed by atoms with Gasteiger partial charge >= 0.3 is 6.09 Å². The summed E-state index contributed by atoms with van der Waals surface area (Å²) in [5.41, 5.74) is 9.18. The number of imidazole rings is 2. The lowest BCUT2D eigenvalue weighted by atomic mass is 9.70. The van der Waals surface area contributed by atoms with Crippen LogP contribution in [0, 0.1) is 40.9 Å². The van der Waals surface area contributed by atoms with Gasteiger partial charge in [0, 0.05) is 93.7 Å². The number of ether oxygens (including phenoxy) is 1. The molecule has 2 aromatic heterocycles. The lowest BCUT2D eigenvalue weighted by molar-refractivity contribution is -0.134. The van der Waals surface area contributed by atoms with E-state index in [0.29, 0.717) is 45.0 Å². The molecule has 0 spiro atoms. The summed E-state index contributed by atoms with van der Waals surface area (Å²) in [5, 5.41) is 14.7. The molecule has 4 aromatic carbocycles. The number of aryl methyl sites for hydroxylation is 2. The molecule has 5 saturated carbocycles. The third kappa shape index (κ3) is 14.5. The lowest BCUT2D eigenvalue weighted by Gasteiger charge is -2.36. The number of carbonyl (C=O) groups is 4. The van der Waals surface area contributed by atoms with E-state index in [1.165, 1.54) is 12.8 Å². The maximum Gasteiger partial charge on any atom is 0.407 e. The van der Waals surface area contributed by atoms with Gasteiger partial charge in [0.2, 0.25) is 5.91 Å². The Morgan fingerprint density at radius 2 is 1.00 bits per heavy atom. The highest BCUT2D eigenvalue weighted by atomic mass is 35.5. The summed E-state index contributed by atoms with van der Waals surface area (Å²) < 4.78 is 9.52. The number of alkyl carbamates (subject to hydrolysis) is 1. The van der Waals surface area contributed by atoms with E-state index in [4.69, 9.17) is 61.1 Å². The van der Waals surface area contributed by atoms with Crippen LogP contribution in [0.15, 0.2) is 48.5 Å². The number of rotatable bonds is 15. The second kappa shape index (κ2) is 27.1. The Morgan fingerprint density at radius 1 is 0.600 bits per heavy atom. The zero-order valence-electron chi connectivity index (χ0n) is 52.3. The highest BCUT2D eigenvalue weighted by Crippen LogP contribution is 2.49. The monoisotopic (exact) mass is 1310 g/mol. The number of hydrogen-bond acceptors (Lipinski definition) is 9. The standard InChI is InChI=1S/C35H43Cl2N5O2.C34H43Cl2N5O3.2CH4/c1-20-5-8-24(9-6-20)39-33(43)26-14-28-30(16-29(26)42-18-22-13-23(22)19-42)41(3)31(40-28)15-25-27(36)10-7-21(32(25)37)17-38-34(44)35(2)11-4-12-35;1-19-6-9-23(10-7-19)38-32(42)25-13-27-29(15-28(25)41-17-21-12-22(21)18-41)40(5)30(39-27)14-24-26(35)11-8-20(31(24)36)16-37-33(43)44-34(2,3)4;;/h7,10,14,16,20,22-24H,4-6,8-9,11-13,15,17-19H2,1-3H3,(H,38,44)(H,39,43);8,11,13,15,19,21-23H,6-7,9-10,12,14,16-18H2,1-5H3,(H,37,43)(H,38,42);2*1H4. The minimum absolute atomic E-state index is 0. The highest BCUT2D eigenvalue weighted by Gasteiger charge is 2.47. The maximum atomic E-state index is 13.8. The van der Waals surface area contributed by atoms with Crippen LogP contribution in [0.5, 0.6) is 0 Å². The number of nitrogens with one attached hydrogen (secondary N) is 4. The molecule has 4 amide bonds. The Balaban J connectivity index is 0.000000194. The molecule has 486 valence electrons. The van der Waals surface area contributed by atoms with Gasteiger partial charge in [-0.2, -0.15) is 0 Å². The Labute approximate surface area is 552 Å². The van der Waals surface area contributed by atoms with Gasteiger partial charge in [0.25, 0.3) is 11.8 Å². The fourth-order valence-electron chi connectivity index (χ4n) is 14.3. The molecule has 4 N–H and O–H groups in total. The van der Waals surface area contributed by atoms with Crippen molar-refractivity contribution in [3.63, 3.8) is 0 Å². The molecule has 15 nitrogen and oxygen atoms in total. The summed E-state index contributed by atoms with van der Waals surface area (Å²) in [6.07, 6.45) is 14.6. The number of piperidine rings is 2. The van der Waals surface area contributed by atoms with E-state index in [0.717, 1.165) is 205 Å². The van der Waals surface area contributed by atoms with Crippen LogP contribution in [-0.2, 0) is 49.6 Å². The van der Waals surface area contributed by atoms with E-state index in [9.17, 15) is 19.2 Å². The Morgan fingerprint density at radius 3 is 1.38 bits per heavy atom. The van der Waals surface area contributed by atoms with Gasteiger partial charge in [-0.1, -0.05) is 101 Å². The molecule has 0 bridgehead atoms. The SMILES string of the molecule is C.C.CC1CCC(NC(=O)c2cc3nc(Cc4c(Cl)ccc(CNC(=O)C5(C)CCC5)c4Cl)n(C)c3cc2N2CC3CC3C2)CC1.CC1CCC(NC(=O)c2cc3nc(Cc4c(Cl)ccc(CNC(=O)OC(C)(C)C)c4Cl)n(C)c3cc2N2CC3CC3C2)CC1. The first-order valence-corrected chi connectivity index (χ1v) is 33.7. The zero-order valence-corrected chi connectivity index (χ0v) is 55.3. The molecular formula is C71H94Cl4N10O5. The van der Waals surface area contributed by atoms with E-state index in [-0.39, 0.29) is 56.6 Å². The third-order valence-corrected chi connectivity index (χ3v) is 22.1. The molecule has 2 aliphatic heterocycles. The number of halogens is 4. The molecule has 90 heavy (non-hydrogen) atoms. The summed E-state index contributed by atoms with van der Waals surface area (Å²) in [4.78, 5) is 67.3. The van der Waals surface area contributed by atoms with Crippen LogP contribution in [0.2, 0.25) is 20.1 Å². The first-order chi connectivity index (χ1) is 41.9. The molecule has 19 heteroatoms. The van der Waals surface area contributed by atoms with Crippen molar-refractivity contribution in [3.8, 4) is 0 Å². The zero-order chi connectivity index (χ0) is 62.1. The van der Waals surface area contributed by atoms with Gasteiger partial charge in [-0.3, -0.25) is 14.4 Å². The molecule has 4 unspecified atom stereocenters. The van der Waals surface area contributed by atoms with E-state index in [1.54, 1.807) is 6.07 Å². The van der Waals surface area contributed by atoms with Crippen LogP contribution in [0.1, 0.15) is 194 Å². The molecule has 7 aliphatic rings. The fourth-order valence-corrected chi connectivity index (χ4v) is 15.4. The van der Waals surface area contributed by atoms with Gasteiger partial charge in [0.05, 0.1) is 54.6 Å². The van der Waals surface area contributed by atoms with Crippen molar-refractivity contribution < 1.29 is 23.9 Å². The van der Waals surface area contributed by atoms with E-state index < -0.39 is 11.7 Å². The van der Waals surface area contributed by atoms with Crippen LogP contribution in [0.4, 0.5) is 16.2 Å². The van der Waals surface area contributed by atoms with Gasteiger partial charge < -0.3 is 44.9 Å². The highest BCUT2D eigenvalue weighted by molar-refractivity contribution is 6.37. The van der Waals surface area contributed by atoms with Crippen LogP contribution in [0.25, 0.3) is 22.1 Å². The summed E-state index contributed by atoms with van der Waals surface area (Å²) in [6.45, 7) is 16.7. The second-order valence-corrected chi connectivity index (χ2v) is 29.9. The van der Waals surface area contributed by atoms with Gasteiger partial charge in [-0.25, -0.2) is 14.8 Å². The first kappa shape index (κ1) is 67.2. The van der Waals surface area contributed by atoms with Crippen molar-refractivity contribution in [2.75, 3.05) is 36.0 Å². The fraction of sp³-hybridized carbons (Fsp3) is 0.577. The van der Waals surface area contributed by atoms with Crippen LogP contribution in [0.3, 0.4) is 0 Å². The Kier molecular flexibility index (Phi) is 20.2. The first-order valence-electron chi connectivity index (χ1n) is 32.2. The van der Waals surface area contributed by atoms with Crippen molar-refractivity contribution in [1.29, 1.82) is 0 Å². The molecular weight excluding hydrogens is 1210 g/mol. The van der Waals surface area contributed by atoms with Crippen LogP contribution >= 0.6 is 46.4 Å². The summed E-state index contributed by atoms with van der Waals surface area (Å²) in [5.74, 6) is 6.12. The predicted octanol–water partition coefficient (Wildman–Crippen LogP) is 15.6. The number of carbonyl (C=O) groups excluding carboxylic acids is 4. The van der Waals surface area contributed by atoms with Crippen molar-refractivity contribution in [1.82, 2.24) is 40.4 Å². The number of nitrogens with zero attached hydrogens (tertiary/aromatic N) is 6. The molecule has 4 atom stereocenters. The number of benzene rings is 4. The van der Waals surface area contributed by atoms with Gasteiger partial charge in [0.1, 0.15) is 17.2 Å². The average molecular weight is 1310 g/mol. The summed E-state index contributed by atoms with van der Waals surface area (Å²) in [7, 11) is 4.01. The largest absolute Gasteiger partial charge is 0.444 e. The average Bonchev–Trinajstić information content (AvgIpc) is 1.60. The van der Waals surface area contributed by atoms with Crippen LogP contribution in [-0.4, -0.2) is 86.8 Å². The van der Waals surface area contributed by atoms with Crippen molar-refractivity contribution in [2.24, 2.45) is 55.0 Å². The minimum Gasteiger partial charge on any atom is -0.444 e. The van der Waals surface area contributed by atoms with Crippen LogP contribution < -0.4 is 31.1 Å². The number of hydrogen-bond donors (Lipinski definition) is 4. The Hall–Kier alpha value is -5.74. The number of amides is 4. The lowest BCUT2D eigenvalue weighted by Crippen LogP contribution is -2.43. The van der Waals surface area contributed by atoms with Crippen molar-refractivity contribution >= 4 is 104 Å². The summed E-state index contributed by atoms with van der Waals surface area (Å²) >= 11 is 27.1. The van der Waals surface area contributed by atoms with Crippen molar-refractivity contribution in [3.05, 3.63) is 114 Å². The van der Waals surface area contributed by atoms with Crippen molar-refractivity contribution in [2.45, 2.75) is 183 Å². The number of anilines is 2. The third-order valence-electron chi connectivity index (χ3n) is 20.5.